The molecule has 1 aliphatic rings. The number of carboxylic acids is 1. The van der Waals surface area contributed by atoms with Crippen LogP contribution in [0.25, 0.3) is 0 Å². The zero-order valence-corrected chi connectivity index (χ0v) is 5.90. The van der Waals surface area contributed by atoms with E-state index in [0.29, 0.717) is 6.04 Å². The van der Waals surface area contributed by atoms with Gasteiger partial charge >= 0.3 is 5.97 Å². The van der Waals surface area contributed by atoms with E-state index in [1.54, 1.807) is 10.8 Å². The summed E-state index contributed by atoms with van der Waals surface area (Å²) in [4.78, 5) is 14.3. The maximum absolute atomic E-state index is 10.5. The molecular formula is C7H8N2O2. The summed E-state index contributed by atoms with van der Waals surface area (Å²) >= 11 is 0. The molecule has 0 unspecified atom stereocenters. The van der Waals surface area contributed by atoms with Crippen molar-refractivity contribution in [3.63, 3.8) is 0 Å². The smallest absolute Gasteiger partial charge is 0.372 e. The van der Waals surface area contributed by atoms with E-state index >= 15 is 0 Å². The minimum atomic E-state index is -0.943. The van der Waals surface area contributed by atoms with Gasteiger partial charge in [0, 0.05) is 18.4 Å². The summed E-state index contributed by atoms with van der Waals surface area (Å²) < 4.78 is 1.72. The van der Waals surface area contributed by atoms with Crippen LogP contribution in [0.2, 0.25) is 0 Å². The Hall–Kier alpha value is -1.32. The Labute approximate surface area is 63.5 Å². The van der Waals surface area contributed by atoms with E-state index in [0.717, 1.165) is 12.8 Å². The van der Waals surface area contributed by atoms with Gasteiger partial charge in [0.2, 0.25) is 5.82 Å². The summed E-state index contributed by atoms with van der Waals surface area (Å²) in [5, 5.41) is 8.65. The average molecular weight is 152 g/mol. The second kappa shape index (κ2) is 2.08. The number of carbonyl (C=O) groups is 1. The maximum atomic E-state index is 10.5. The molecule has 0 saturated heterocycles. The van der Waals surface area contributed by atoms with Crippen molar-refractivity contribution in [3.05, 3.63) is 18.2 Å². The first-order chi connectivity index (χ1) is 5.29. The lowest BCUT2D eigenvalue weighted by Gasteiger charge is -1.99. The Kier molecular flexibility index (Phi) is 1.21. The molecule has 2 rings (SSSR count). The van der Waals surface area contributed by atoms with Gasteiger partial charge in [-0.05, 0) is 12.8 Å². The van der Waals surface area contributed by atoms with E-state index in [4.69, 9.17) is 5.11 Å². The molecule has 1 saturated carbocycles. The first kappa shape index (κ1) is 6.39. The van der Waals surface area contributed by atoms with Gasteiger partial charge in [0.05, 0.1) is 0 Å². The first-order valence-electron chi connectivity index (χ1n) is 3.55. The average Bonchev–Trinajstić information content (AvgIpc) is 2.68. The standard InChI is InChI=1S/C7H8N2O2/c10-7(11)6-8-3-4-9(6)5-1-2-5/h3-5H,1-2H2,(H,10,11). The third-order valence-corrected chi connectivity index (χ3v) is 1.80. The summed E-state index contributed by atoms with van der Waals surface area (Å²) in [5.41, 5.74) is 0. The quantitative estimate of drug-likeness (QED) is 0.685. The Morgan fingerprint density at radius 2 is 2.45 bits per heavy atom. The molecule has 58 valence electrons. The fourth-order valence-electron chi connectivity index (χ4n) is 1.13. The molecule has 1 aromatic rings. The van der Waals surface area contributed by atoms with Crippen molar-refractivity contribution in [1.82, 2.24) is 9.55 Å². The molecule has 11 heavy (non-hydrogen) atoms. The van der Waals surface area contributed by atoms with Crippen molar-refractivity contribution >= 4 is 5.97 Å². The molecule has 0 atom stereocenters. The van der Waals surface area contributed by atoms with E-state index in [9.17, 15) is 4.79 Å². The normalized spacial score (nSPS) is 16.7. The van der Waals surface area contributed by atoms with Gasteiger partial charge in [0.15, 0.2) is 0 Å². The van der Waals surface area contributed by atoms with Crippen molar-refractivity contribution < 1.29 is 9.90 Å². The van der Waals surface area contributed by atoms with E-state index in [-0.39, 0.29) is 5.82 Å². The van der Waals surface area contributed by atoms with E-state index in [2.05, 4.69) is 4.98 Å². The molecule has 1 fully saturated rings. The maximum Gasteiger partial charge on any atom is 0.372 e. The Balaban J connectivity index is 2.37. The van der Waals surface area contributed by atoms with E-state index in [1.165, 1.54) is 6.20 Å². The van der Waals surface area contributed by atoms with Crippen molar-refractivity contribution in [3.8, 4) is 0 Å². The highest BCUT2D eigenvalue weighted by molar-refractivity contribution is 5.83. The van der Waals surface area contributed by atoms with Crippen LogP contribution >= 0.6 is 0 Å². The summed E-state index contributed by atoms with van der Waals surface area (Å²) in [7, 11) is 0. The molecule has 0 bridgehead atoms. The minimum Gasteiger partial charge on any atom is -0.475 e. The van der Waals surface area contributed by atoms with Crippen LogP contribution in [0.5, 0.6) is 0 Å². The van der Waals surface area contributed by atoms with Gasteiger partial charge in [0.25, 0.3) is 0 Å². The molecule has 1 N–H and O–H groups in total. The van der Waals surface area contributed by atoms with Crippen molar-refractivity contribution in [1.29, 1.82) is 0 Å². The van der Waals surface area contributed by atoms with Crippen LogP contribution in [-0.4, -0.2) is 20.6 Å². The van der Waals surface area contributed by atoms with Crippen LogP contribution in [-0.2, 0) is 0 Å². The molecule has 0 radical (unpaired) electrons. The van der Waals surface area contributed by atoms with Crippen LogP contribution in [0.3, 0.4) is 0 Å². The number of aromatic carboxylic acids is 1. The Bertz CT molecular complexity index is 288. The topological polar surface area (TPSA) is 55.1 Å². The molecule has 1 heterocycles. The lowest BCUT2D eigenvalue weighted by Crippen LogP contribution is -2.07. The van der Waals surface area contributed by atoms with Gasteiger partial charge in [-0.1, -0.05) is 0 Å². The monoisotopic (exact) mass is 152 g/mol. The summed E-state index contributed by atoms with van der Waals surface area (Å²) in [6.07, 6.45) is 5.41. The second-order valence-corrected chi connectivity index (χ2v) is 2.69. The molecule has 4 nitrogen and oxygen atoms in total. The third kappa shape index (κ3) is 1.00. The van der Waals surface area contributed by atoms with Gasteiger partial charge in [-0.25, -0.2) is 9.78 Å². The number of rotatable bonds is 2. The molecule has 0 aromatic carbocycles. The van der Waals surface area contributed by atoms with E-state index in [1.807, 2.05) is 0 Å². The number of aromatic nitrogens is 2. The zero-order chi connectivity index (χ0) is 7.84. The van der Waals surface area contributed by atoms with E-state index < -0.39 is 5.97 Å². The van der Waals surface area contributed by atoms with Crippen molar-refractivity contribution in [2.24, 2.45) is 0 Å². The van der Waals surface area contributed by atoms with Crippen LogP contribution in [0.1, 0.15) is 29.5 Å². The molecule has 4 heteroatoms. The van der Waals surface area contributed by atoms with Crippen molar-refractivity contribution in [2.45, 2.75) is 18.9 Å². The lowest BCUT2D eigenvalue weighted by molar-refractivity contribution is 0.0678. The highest BCUT2D eigenvalue weighted by atomic mass is 16.4. The first-order valence-corrected chi connectivity index (χ1v) is 3.55. The zero-order valence-electron chi connectivity index (χ0n) is 5.90. The van der Waals surface area contributed by atoms with Gasteiger partial charge in [-0.15, -0.1) is 0 Å². The Morgan fingerprint density at radius 3 is 3.00 bits per heavy atom. The van der Waals surface area contributed by atoms with Crippen LogP contribution in [0.4, 0.5) is 0 Å². The van der Waals surface area contributed by atoms with Gasteiger partial charge in [0.1, 0.15) is 0 Å². The highest BCUT2D eigenvalue weighted by Crippen LogP contribution is 2.35. The van der Waals surface area contributed by atoms with Gasteiger partial charge < -0.3 is 9.67 Å². The number of nitrogens with zero attached hydrogens (tertiary/aromatic N) is 2. The van der Waals surface area contributed by atoms with Gasteiger partial charge in [-0.2, -0.15) is 0 Å². The van der Waals surface area contributed by atoms with Gasteiger partial charge in [-0.3, -0.25) is 0 Å². The summed E-state index contributed by atoms with van der Waals surface area (Å²) in [6.45, 7) is 0. The van der Waals surface area contributed by atoms with Crippen LogP contribution in [0.15, 0.2) is 12.4 Å². The van der Waals surface area contributed by atoms with Crippen molar-refractivity contribution in [2.75, 3.05) is 0 Å². The molecular weight excluding hydrogens is 144 g/mol. The predicted octanol–water partition coefficient (Wildman–Crippen LogP) is 0.916. The number of hydrogen-bond donors (Lipinski definition) is 1. The molecule has 0 spiro atoms. The van der Waals surface area contributed by atoms with Crippen LogP contribution in [0, 0.1) is 0 Å². The number of carboxylic acid groups (broad SMARTS) is 1. The number of imidazole rings is 1. The molecule has 0 amide bonds. The largest absolute Gasteiger partial charge is 0.475 e. The van der Waals surface area contributed by atoms with Crippen LogP contribution < -0.4 is 0 Å². The third-order valence-electron chi connectivity index (χ3n) is 1.80. The molecule has 0 aliphatic heterocycles. The molecule has 1 aliphatic carbocycles. The predicted molar refractivity (Wildman–Crippen MR) is 37.5 cm³/mol. The lowest BCUT2D eigenvalue weighted by atomic mass is 10.5. The summed E-state index contributed by atoms with van der Waals surface area (Å²) in [6, 6.07) is 0.392. The Morgan fingerprint density at radius 1 is 1.73 bits per heavy atom. The minimum absolute atomic E-state index is 0.160. The molecule has 1 aromatic heterocycles. The number of hydrogen-bond acceptors (Lipinski definition) is 2. The second-order valence-electron chi connectivity index (χ2n) is 2.69. The summed E-state index contributed by atoms with van der Waals surface area (Å²) in [5.74, 6) is -0.783. The fourth-order valence-corrected chi connectivity index (χ4v) is 1.13. The highest BCUT2D eigenvalue weighted by Gasteiger charge is 2.27. The fraction of sp³-hybridized carbons (Fsp3) is 0.429. The SMILES string of the molecule is O=C(O)c1nccn1C1CC1.